The molecule has 15 heavy (non-hydrogen) atoms. The molecule has 8 heteroatoms. The fourth-order valence-electron chi connectivity index (χ4n) is 0.609. The van der Waals surface area contributed by atoms with E-state index >= 15 is 0 Å². The fraction of sp³-hybridized carbons (Fsp3) is 1.00. The van der Waals surface area contributed by atoms with Gasteiger partial charge in [0.1, 0.15) is 0 Å². The lowest BCUT2D eigenvalue weighted by Crippen LogP contribution is -2.41. The molecule has 3 radical (unpaired) electrons. The minimum absolute atomic E-state index is 0.0764. The molecule has 0 atom stereocenters. The van der Waals surface area contributed by atoms with Gasteiger partial charge in [0.05, 0.1) is 5.50 Å². The molecule has 0 saturated carbocycles. The van der Waals surface area contributed by atoms with Crippen LogP contribution < -0.4 is 0 Å². The summed E-state index contributed by atoms with van der Waals surface area (Å²) in [5.41, 5.74) is 0.455. The SMILES string of the molecule is C[Si](C)(C)O[Si]O[Si](CCl)O[Si](C)(C)C. The molecule has 0 spiro atoms. The number of hydrogen-bond acceptors (Lipinski definition) is 3. The third kappa shape index (κ3) is 11.3. The summed E-state index contributed by atoms with van der Waals surface area (Å²) in [7, 11) is -4.27. The molecule has 3 nitrogen and oxygen atoms in total. The molecule has 0 aliphatic carbocycles. The van der Waals surface area contributed by atoms with E-state index < -0.39 is 25.9 Å². The smallest absolute Gasteiger partial charge is 0.411 e. The minimum Gasteiger partial charge on any atom is -0.435 e. The summed E-state index contributed by atoms with van der Waals surface area (Å²) in [6, 6.07) is 0. The van der Waals surface area contributed by atoms with Crippen LogP contribution in [-0.2, 0) is 12.3 Å². The van der Waals surface area contributed by atoms with Gasteiger partial charge in [0.2, 0.25) is 0 Å². The van der Waals surface area contributed by atoms with Crippen LogP contribution in [0, 0.1) is 0 Å². The molecule has 0 rings (SSSR count). The van der Waals surface area contributed by atoms with Gasteiger partial charge >= 0.3 is 19.3 Å². The molecule has 0 aliphatic heterocycles. The maximum Gasteiger partial charge on any atom is 0.411 e. The van der Waals surface area contributed by atoms with Crippen LogP contribution in [0.1, 0.15) is 0 Å². The van der Waals surface area contributed by atoms with Crippen molar-refractivity contribution < 1.29 is 12.3 Å². The van der Waals surface area contributed by atoms with Gasteiger partial charge in [-0.25, -0.2) is 0 Å². The van der Waals surface area contributed by atoms with E-state index in [2.05, 4.69) is 39.3 Å². The fourth-order valence-corrected chi connectivity index (χ4v) is 7.21. The molecular weight excluding hydrogens is 280 g/mol. The predicted octanol–water partition coefficient (Wildman–Crippen LogP) is 2.51. The van der Waals surface area contributed by atoms with Crippen LogP contribution in [0.5, 0.6) is 0 Å². The molecule has 0 saturated heterocycles. The van der Waals surface area contributed by atoms with Crippen molar-refractivity contribution in [1.82, 2.24) is 0 Å². The van der Waals surface area contributed by atoms with Crippen LogP contribution >= 0.6 is 11.6 Å². The Morgan fingerprint density at radius 2 is 1.60 bits per heavy atom. The molecule has 0 unspecified atom stereocenters. The molecule has 0 aromatic rings. The van der Waals surface area contributed by atoms with E-state index in [1.165, 1.54) is 0 Å². The van der Waals surface area contributed by atoms with Gasteiger partial charge in [-0.1, -0.05) is 0 Å². The maximum atomic E-state index is 5.83. The van der Waals surface area contributed by atoms with Crippen molar-refractivity contribution in [2.24, 2.45) is 0 Å². The minimum atomic E-state index is -1.54. The lowest BCUT2D eigenvalue weighted by molar-refractivity contribution is 0.393. The molecule has 0 aromatic carbocycles. The lowest BCUT2D eigenvalue weighted by Gasteiger charge is -2.24. The summed E-state index contributed by atoms with van der Waals surface area (Å²) < 4.78 is 17.0. The monoisotopic (exact) mass is 299 g/mol. The largest absolute Gasteiger partial charge is 0.435 e. The first kappa shape index (κ1) is 16.0. The average Bonchev–Trinajstić information content (AvgIpc) is 1.97. The molecule has 89 valence electrons. The Kier molecular flexibility index (Phi) is 7.16. The van der Waals surface area contributed by atoms with Crippen molar-refractivity contribution in [2.45, 2.75) is 39.3 Å². The molecule has 0 N–H and O–H groups in total. The van der Waals surface area contributed by atoms with Crippen molar-refractivity contribution in [3.8, 4) is 0 Å². The van der Waals surface area contributed by atoms with Crippen molar-refractivity contribution in [3.05, 3.63) is 0 Å². The Balaban J connectivity index is 3.82. The van der Waals surface area contributed by atoms with Gasteiger partial charge in [-0.05, 0) is 39.3 Å². The van der Waals surface area contributed by atoms with E-state index in [-0.39, 0.29) is 10.0 Å². The van der Waals surface area contributed by atoms with Crippen molar-refractivity contribution >= 4 is 47.5 Å². The van der Waals surface area contributed by atoms with E-state index in [0.29, 0.717) is 5.50 Å². The van der Waals surface area contributed by atoms with Crippen LogP contribution in [0.2, 0.25) is 39.3 Å². The zero-order valence-corrected chi connectivity index (χ0v) is 15.1. The second kappa shape index (κ2) is 6.70. The molecule has 0 fully saturated rings. The first-order valence-electron chi connectivity index (χ1n) is 4.85. The van der Waals surface area contributed by atoms with Crippen LogP contribution in [0.3, 0.4) is 0 Å². The number of alkyl halides is 1. The van der Waals surface area contributed by atoms with Crippen LogP contribution in [0.25, 0.3) is 0 Å². The standard InChI is InChI=1S/C7H20ClO3Si4/c1-14(2,3)10-12-9-13(7-8)11-15(4,5)6/h7H2,1-6H3. The molecule has 0 aromatic heterocycles. The number of hydrogen-bond donors (Lipinski definition) is 0. The third-order valence-corrected chi connectivity index (χ3v) is 9.29. The van der Waals surface area contributed by atoms with Gasteiger partial charge < -0.3 is 12.3 Å². The molecule has 0 heterocycles. The van der Waals surface area contributed by atoms with Crippen LogP contribution in [0.4, 0.5) is 0 Å². The highest BCUT2D eigenvalue weighted by molar-refractivity contribution is 6.79. The quantitative estimate of drug-likeness (QED) is 0.534. The highest BCUT2D eigenvalue weighted by atomic mass is 35.5. The Hall–Kier alpha value is 1.04. The van der Waals surface area contributed by atoms with Gasteiger partial charge in [0.15, 0.2) is 16.6 Å². The molecule has 0 bridgehead atoms. The van der Waals surface area contributed by atoms with Crippen LogP contribution in [0.15, 0.2) is 0 Å². The van der Waals surface area contributed by atoms with Gasteiger partial charge in [-0.2, -0.15) is 0 Å². The summed E-state index contributed by atoms with van der Waals surface area (Å²) in [5, 5.41) is 0. The van der Waals surface area contributed by atoms with E-state index in [1.807, 2.05) is 0 Å². The summed E-state index contributed by atoms with van der Waals surface area (Å²) in [6.45, 7) is 12.8. The second-order valence-electron chi connectivity index (χ2n) is 5.12. The normalized spacial score (nSPS) is 13.6. The summed E-state index contributed by atoms with van der Waals surface area (Å²) >= 11 is 5.80. The molecule has 0 aliphatic rings. The first-order valence-corrected chi connectivity index (χ1v) is 14.5. The highest BCUT2D eigenvalue weighted by Gasteiger charge is 2.25. The van der Waals surface area contributed by atoms with E-state index in [0.717, 1.165) is 0 Å². The van der Waals surface area contributed by atoms with E-state index in [9.17, 15) is 0 Å². The summed E-state index contributed by atoms with van der Waals surface area (Å²) in [4.78, 5) is 0. The Morgan fingerprint density at radius 3 is 1.93 bits per heavy atom. The maximum absolute atomic E-state index is 5.83. The average molecular weight is 300 g/mol. The Labute approximate surface area is 105 Å². The molecule has 0 amide bonds. The van der Waals surface area contributed by atoms with Gasteiger partial charge in [-0.15, -0.1) is 11.6 Å². The van der Waals surface area contributed by atoms with Gasteiger partial charge in [0, 0.05) is 0 Å². The van der Waals surface area contributed by atoms with Crippen molar-refractivity contribution in [1.29, 1.82) is 0 Å². The van der Waals surface area contributed by atoms with Crippen LogP contribution in [-0.4, -0.2) is 41.4 Å². The topological polar surface area (TPSA) is 27.7 Å². The summed E-state index contributed by atoms with van der Waals surface area (Å²) in [6.07, 6.45) is 0. The zero-order valence-electron chi connectivity index (χ0n) is 10.3. The third-order valence-electron chi connectivity index (χ3n) is 1.03. The van der Waals surface area contributed by atoms with Gasteiger partial charge in [0.25, 0.3) is 0 Å². The van der Waals surface area contributed by atoms with Crippen molar-refractivity contribution in [3.63, 3.8) is 0 Å². The Morgan fingerprint density at radius 1 is 1.07 bits per heavy atom. The number of halogens is 1. The van der Waals surface area contributed by atoms with E-state index in [1.54, 1.807) is 0 Å². The number of rotatable bonds is 7. The molecular formula is C7H20ClO3Si4. The van der Waals surface area contributed by atoms with Gasteiger partial charge in [-0.3, -0.25) is 0 Å². The first-order chi connectivity index (χ1) is 6.64. The Bertz CT molecular complexity index is 180. The van der Waals surface area contributed by atoms with E-state index in [4.69, 9.17) is 23.9 Å². The predicted molar refractivity (Wildman–Crippen MR) is 72.2 cm³/mol. The van der Waals surface area contributed by atoms with Crippen molar-refractivity contribution in [2.75, 3.05) is 5.50 Å². The zero-order chi connectivity index (χ0) is 12.1. The highest BCUT2D eigenvalue weighted by Crippen LogP contribution is 2.08. The summed E-state index contributed by atoms with van der Waals surface area (Å²) in [5.74, 6) is 0. The second-order valence-corrected chi connectivity index (χ2v) is 18.0. The lowest BCUT2D eigenvalue weighted by atomic mass is 11.8.